The Labute approximate surface area is 161 Å². The molecule has 1 unspecified atom stereocenters. The molecule has 156 valence electrons. The molecule has 1 aliphatic rings. The molecule has 1 N–H and O–H groups in total. The third-order valence-corrected chi connectivity index (χ3v) is 4.14. The fourth-order valence-electron chi connectivity index (χ4n) is 2.46. The minimum Gasteiger partial charge on any atom is -0.447 e. The number of carbonyl (C=O) groups excluding carboxylic acids is 2. The number of hydrogen-bond donors (Lipinski definition) is 1. The Morgan fingerprint density at radius 3 is 2.72 bits per heavy atom. The van der Waals surface area contributed by atoms with E-state index in [2.05, 4.69) is 25.8 Å². The zero-order valence-electron chi connectivity index (χ0n) is 15.3. The number of tetrazole rings is 1. The van der Waals surface area contributed by atoms with Gasteiger partial charge in [-0.3, -0.25) is 10.1 Å². The summed E-state index contributed by atoms with van der Waals surface area (Å²) in [6, 6.07) is 1.31. The average molecular weight is 415 g/mol. The molecular weight excluding hydrogens is 399 g/mol. The van der Waals surface area contributed by atoms with Gasteiger partial charge in [-0.15, -0.1) is 0 Å². The minimum atomic E-state index is -4.69. The summed E-state index contributed by atoms with van der Waals surface area (Å²) in [5.41, 5.74) is -1.52. The average Bonchev–Trinajstić information content (AvgIpc) is 3.20. The van der Waals surface area contributed by atoms with E-state index in [1.165, 1.54) is 23.7 Å². The molecular formula is C15H16F3N7O4. The summed E-state index contributed by atoms with van der Waals surface area (Å²) in [6.07, 6.45) is -5.21. The van der Waals surface area contributed by atoms with Crippen molar-refractivity contribution in [3.63, 3.8) is 0 Å². The van der Waals surface area contributed by atoms with Crippen molar-refractivity contribution in [2.75, 3.05) is 25.6 Å². The third kappa shape index (κ3) is 4.59. The first kappa shape index (κ1) is 20.4. The highest BCUT2D eigenvalue weighted by Gasteiger charge is 2.34. The molecule has 0 radical (unpaired) electrons. The van der Waals surface area contributed by atoms with E-state index in [0.717, 1.165) is 6.07 Å². The van der Waals surface area contributed by atoms with Crippen LogP contribution < -0.4 is 5.32 Å². The van der Waals surface area contributed by atoms with Gasteiger partial charge in [0.25, 0.3) is 5.91 Å². The van der Waals surface area contributed by atoms with Crippen LogP contribution in [0, 0.1) is 0 Å². The molecule has 2 aromatic rings. The van der Waals surface area contributed by atoms with Crippen molar-refractivity contribution in [1.29, 1.82) is 0 Å². The molecule has 1 aliphatic heterocycles. The lowest BCUT2D eigenvalue weighted by Crippen LogP contribution is -2.33. The Kier molecular flexibility index (Phi) is 5.63. The highest BCUT2D eigenvalue weighted by atomic mass is 19.4. The normalized spacial score (nSPS) is 16.8. The van der Waals surface area contributed by atoms with Gasteiger partial charge in [-0.05, 0) is 22.6 Å². The second-order valence-corrected chi connectivity index (χ2v) is 6.13. The van der Waals surface area contributed by atoms with E-state index in [1.807, 2.05) is 0 Å². The number of nitrogens with zero attached hydrogens (tertiary/aromatic N) is 6. The lowest BCUT2D eigenvalue weighted by atomic mass is 10.1. The van der Waals surface area contributed by atoms with Gasteiger partial charge in [0.15, 0.2) is 0 Å². The molecule has 11 nitrogen and oxygen atoms in total. The van der Waals surface area contributed by atoms with Crippen LogP contribution in [0.4, 0.5) is 23.9 Å². The number of nitrogens with one attached hydrogen (secondary N) is 1. The Morgan fingerprint density at radius 1 is 1.38 bits per heavy atom. The predicted octanol–water partition coefficient (Wildman–Crippen LogP) is 0.843. The van der Waals surface area contributed by atoms with E-state index in [-0.39, 0.29) is 37.0 Å². The van der Waals surface area contributed by atoms with Crippen molar-refractivity contribution in [3.8, 4) is 0 Å². The van der Waals surface area contributed by atoms with E-state index in [9.17, 15) is 22.8 Å². The van der Waals surface area contributed by atoms with Crippen LogP contribution in [-0.2, 0) is 29.3 Å². The zero-order chi connectivity index (χ0) is 21.2. The number of ether oxygens (including phenoxy) is 2. The lowest BCUT2D eigenvalue weighted by Gasteiger charge is -2.17. The van der Waals surface area contributed by atoms with Crippen molar-refractivity contribution < 1.29 is 32.2 Å². The number of likely N-dealkylation sites (N-methyl/N-ethyl adjacent to an activating group) is 1. The topological polar surface area (TPSA) is 124 Å². The van der Waals surface area contributed by atoms with Crippen LogP contribution in [0.15, 0.2) is 12.1 Å². The fraction of sp³-hybridized carbons (Fsp3) is 0.467. The van der Waals surface area contributed by atoms with Gasteiger partial charge in [-0.2, -0.15) is 13.2 Å². The number of hydrogen-bond acceptors (Lipinski definition) is 8. The Hall–Kier alpha value is -3.29. The van der Waals surface area contributed by atoms with Crippen LogP contribution in [0.3, 0.4) is 0 Å². The Bertz CT molecular complexity index is 918. The Balaban J connectivity index is 1.77. The van der Waals surface area contributed by atoms with Gasteiger partial charge in [0.2, 0.25) is 5.95 Å². The van der Waals surface area contributed by atoms with Gasteiger partial charge < -0.3 is 14.4 Å². The first-order valence-corrected chi connectivity index (χ1v) is 8.25. The predicted molar refractivity (Wildman–Crippen MR) is 88.5 cm³/mol. The molecule has 3 heterocycles. The molecule has 29 heavy (non-hydrogen) atoms. The standard InChI is InChI=1S/C15H16F3N7O4/c1-24-8(6-29-14(24)27)5-28-7-10-9(3-4-11(19-10)15(16,17)18)12(26)20-13-21-22-23-25(13)2/h3-4,8H,5-7H2,1-2H3,(H,20,21,23,26). The highest BCUT2D eigenvalue weighted by molar-refractivity contribution is 6.04. The summed E-state index contributed by atoms with van der Waals surface area (Å²) in [7, 11) is 2.99. The molecule has 14 heteroatoms. The van der Waals surface area contributed by atoms with Gasteiger partial charge in [0.1, 0.15) is 12.3 Å². The molecule has 2 amide bonds. The van der Waals surface area contributed by atoms with E-state index in [1.54, 1.807) is 0 Å². The first-order chi connectivity index (χ1) is 13.7. The van der Waals surface area contributed by atoms with Crippen LogP contribution in [-0.4, -0.2) is 68.4 Å². The number of pyridine rings is 1. The minimum absolute atomic E-state index is 0.00464. The van der Waals surface area contributed by atoms with Gasteiger partial charge >= 0.3 is 12.3 Å². The first-order valence-electron chi connectivity index (χ1n) is 8.25. The van der Waals surface area contributed by atoms with Gasteiger partial charge in [-0.25, -0.2) is 14.5 Å². The number of cyclic esters (lactones) is 1. The van der Waals surface area contributed by atoms with Gasteiger partial charge in [0, 0.05) is 14.1 Å². The van der Waals surface area contributed by atoms with Crippen LogP contribution in [0.25, 0.3) is 0 Å². The number of aromatic nitrogens is 5. The number of halogens is 3. The number of anilines is 1. The second kappa shape index (κ2) is 7.98. The summed E-state index contributed by atoms with van der Waals surface area (Å²) in [5.74, 6) is -0.746. The quantitative estimate of drug-likeness (QED) is 0.736. The molecule has 0 saturated carbocycles. The maximum Gasteiger partial charge on any atom is 0.433 e. The van der Waals surface area contributed by atoms with E-state index in [4.69, 9.17) is 9.47 Å². The molecule has 0 bridgehead atoms. The maximum atomic E-state index is 13.0. The largest absolute Gasteiger partial charge is 0.447 e. The summed E-state index contributed by atoms with van der Waals surface area (Å²) in [5, 5.41) is 12.9. The smallest absolute Gasteiger partial charge is 0.433 e. The summed E-state index contributed by atoms with van der Waals surface area (Å²) >= 11 is 0. The SMILES string of the molecule is CN1C(=O)OCC1COCc1nc(C(F)(F)F)ccc1C(=O)Nc1nnnn1C. The van der Waals surface area contributed by atoms with Crippen LogP contribution in [0.5, 0.6) is 0 Å². The van der Waals surface area contributed by atoms with Crippen molar-refractivity contribution in [1.82, 2.24) is 30.1 Å². The summed E-state index contributed by atoms with van der Waals surface area (Å²) < 4.78 is 50.5. The molecule has 3 rings (SSSR count). The van der Waals surface area contributed by atoms with E-state index in [0.29, 0.717) is 6.07 Å². The van der Waals surface area contributed by atoms with E-state index < -0.39 is 29.9 Å². The van der Waals surface area contributed by atoms with Gasteiger partial charge in [-0.1, -0.05) is 5.10 Å². The van der Waals surface area contributed by atoms with Crippen molar-refractivity contribution in [2.24, 2.45) is 7.05 Å². The highest BCUT2D eigenvalue weighted by Crippen LogP contribution is 2.28. The maximum absolute atomic E-state index is 13.0. The number of alkyl halides is 3. The molecule has 1 fully saturated rings. The molecule has 1 saturated heterocycles. The molecule has 2 aromatic heterocycles. The van der Waals surface area contributed by atoms with Crippen molar-refractivity contribution >= 4 is 17.9 Å². The van der Waals surface area contributed by atoms with Crippen molar-refractivity contribution in [2.45, 2.75) is 18.8 Å². The number of aryl methyl sites for hydroxylation is 1. The monoisotopic (exact) mass is 415 g/mol. The van der Waals surface area contributed by atoms with Gasteiger partial charge in [0.05, 0.1) is 30.5 Å². The molecule has 0 aliphatic carbocycles. The Morgan fingerprint density at radius 2 is 2.14 bits per heavy atom. The van der Waals surface area contributed by atoms with Crippen LogP contribution >= 0.6 is 0 Å². The zero-order valence-corrected chi connectivity index (χ0v) is 15.3. The second-order valence-electron chi connectivity index (χ2n) is 6.13. The molecule has 0 spiro atoms. The van der Waals surface area contributed by atoms with E-state index >= 15 is 0 Å². The lowest BCUT2D eigenvalue weighted by molar-refractivity contribution is -0.141. The number of carbonyl (C=O) groups is 2. The summed E-state index contributed by atoms with van der Waals surface area (Å²) in [4.78, 5) is 28.7. The fourth-order valence-corrected chi connectivity index (χ4v) is 2.46. The van der Waals surface area contributed by atoms with Crippen LogP contribution in [0.1, 0.15) is 21.7 Å². The number of amides is 2. The molecule has 0 aromatic carbocycles. The van der Waals surface area contributed by atoms with Crippen LogP contribution in [0.2, 0.25) is 0 Å². The number of rotatable bonds is 6. The third-order valence-electron chi connectivity index (χ3n) is 4.14. The summed E-state index contributed by atoms with van der Waals surface area (Å²) in [6.45, 7) is -0.297. The van der Waals surface area contributed by atoms with Crippen molar-refractivity contribution in [3.05, 3.63) is 29.1 Å². The molecule has 1 atom stereocenters.